The Bertz CT molecular complexity index is 735. The summed E-state index contributed by atoms with van der Waals surface area (Å²) in [6.45, 7) is 3.82. The molecule has 3 rings (SSSR count). The van der Waals surface area contributed by atoms with Crippen LogP contribution in [0.5, 0.6) is 11.5 Å². The maximum absolute atomic E-state index is 12.0. The second kappa shape index (κ2) is 7.85. The van der Waals surface area contributed by atoms with E-state index >= 15 is 0 Å². The molecule has 1 aromatic heterocycles. The molecule has 0 bridgehead atoms. The van der Waals surface area contributed by atoms with Crippen molar-refractivity contribution in [2.45, 2.75) is 0 Å². The Kier molecular flexibility index (Phi) is 5.35. The summed E-state index contributed by atoms with van der Waals surface area (Å²) < 4.78 is 15.7. The first kappa shape index (κ1) is 17.0. The number of nitrogens with zero attached hydrogens (tertiary/aromatic N) is 3. The highest BCUT2D eigenvalue weighted by atomic mass is 16.6. The van der Waals surface area contributed by atoms with Gasteiger partial charge in [-0.05, 0) is 42.9 Å². The van der Waals surface area contributed by atoms with Gasteiger partial charge in [0.1, 0.15) is 0 Å². The molecule has 7 heteroatoms. The Hall–Kier alpha value is -2.80. The van der Waals surface area contributed by atoms with Crippen molar-refractivity contribution in [2.75, 3.05) is 40.3 Å². The summed E-state index contributed by atoms with van der Waals surface area (Å²) in [5.74, 6) is 0.368. The van der Waals surface area contributed by atoms with Crippen LogP contribution in [0.4, 0.5) is 0 Å². The van der Waals surface area contributed by atoms with Crippen molar-refractivity contribution in [3.63, 3.8) is 0 Å². The third-order valence-electron chi connectivity index (χ3n) is 3.96. The molecular weight excluding hydrogens is 322 g/mol. The van der Waals surface area contributed by atoms with Crippen molar-refractivity contribution in [1.29, 1.82) is 0 Å². The highest BCUT2D eigenvalue weighted by Crippen LogP contribution is 2.28. The number of carbonyl (C=O) groups is 1. The van der Waals surface area contributed by atoms with E-state index in [2.05, 4.69) is 17.0 Å². The Balaban J connectivity index is 1.68. The smallest absolute Gasteiger partial charge is 0.379 e. The number of hydrazone groups is 1. The van der Waals surface area contributed by atoms with Crippen LogP contribution in [0.2, 0.25) is 0 Å². The summed E-state index contributed by atoms with van der Waals surface area (Å²) >= 11 is 0. The van der Waals surface area contributed by atoms with Crippen molar-refractivity contribution in [1.82, 2.24) is 9.91 Å². The van der Waals surface area contributed by atoms with Gasteiger partial charge in [-0.1, -0.05) is 0 Å². The van der Waals surface area contributed by atoms with Gasteiger partial charge in [0.15, 0.2) is 11.5 Å². The lowest BCUT2D eigenvalue weighted by Gasteiger charge is -2.30. The molecular formula is C18H21N3O4. The van der Waals surface area contributed by atoms with Crippen LogP contribution in [0, 0.1) is 0 Å². The molecule has 1 saturated heterocycles. The molecule has 0 aliphatic carbocycles. The maximum Gasteiger partial charge on any atom is 0.379 e. The number of hydrogen-bond donors (Lipinski definition) is 0. The molecule has 25 heavy (non-hydrogen) atoms. The number of esters is 1. The largest absolute Gasteiger partial charge is 0.493 e. The minimum Gasteiger partial charge on any atom is -0.493 e. The average Bonchev–Trinajstić information content (AvgIpc) is 3.17. The summed E-state index contributed by atoms with van der Waals surface area (Å²) in [5, 5.41) is 6.54. The van der Waals surface area contributed by atoms with Crippen molar-refractivity contribution >= 4 is 12.2 Å². The van der Waals surface area contributed by atoms with E-state index in [9.17, 15) is 4.79 Å². The van der Waals surface area contributed by atoms with Crippen LogP contribution < -0.4 is 9.47 Å². The van der Waals surface area contributed by atoms with Crippen LogP contribution in [0.1, 0.15) is 16.1 Å². The molecule has 0 amide bonds. The van der Waals surface area contributed by atoms with Crippen LogP contribution in [0.25, 0.3) is 0 Å². The summed E-state index contributed by atoms with van der Waals surface area (Å²) in [6, 6.07) is 8.47. The number of benzene rings is 1. The van der Waals surface area contributed by atoms with Crippen LogP contribution in [0.3, 0.4) is 0 Å². The third kappa shape index (κ3) is 4.39. The van der Waals surface area contributed by atoms with Crippen LogP contribution >= 0.6 is 0 Å². The quantitative estimate of drug-likeness (QED) is 0.470. The second-order valence-corrected chi connectivity index (χ2v) is 5.78. The third-order valence-corrected chi connectivity index (χ3v) is 3.96. The molecule has 0 atom stereocenters. The lowest BCUT2D eigenvalue weighted by molar-refractivity contribution is 0.0696. The number of ether oxygens (including phenoxy) is 2. The van der Waals surface area contributed by atoms with Gasteiger partial charge in [-0.25, -0.2) is 4.79 Å². The van der Waals surface area contributed by atoms with Crippen molar-refractivity contribution in [2.24, 2.45) is 5.10 Å². The predicted octanol–water partition coefficient (Wildman–Crippen LogP) is 2.09. The predicted molar refractivity (Wildman–Crippen MR) is 93.3 cm³/mol. The molecule has 1 fully saturated rings. The first-order valence-corrected chi connectivity index (χ1v) is 8.07. The second-order valence-electron chi connectivity index (χ2n) is 5.78. The molecule has 7 nitrogen and oxygen atoms in total. The zero-order valence-electron chi connectivity index (χ0n) is 14.3. The molecule has 0 radical (unpaired) electrons. The molecule has 0 N–H and O–H groups in total. The van der Waals surface area contributed by atoms with Gasteiger partial charge in [0, 0.05) is 26.2 Å². The number of piperazine rings is 1. The van der Waals surface area contributed by atoms with Gasteiger partial charge >= 0.3 is 5.97 Å². The number of methoxy groups -OCH3 is 1. The van der Waals surface area contributed by atoms with E-state index in [1.807, 2.05) is 11.1 Å². The molecule has 2 heterocycles. The zero-order valence-corrected chi connectivity index (χ0v) is 14.3. The fourth-order valence-electron chi connectivity index (χ4n) is 2.45. The summed E-state index contributed by atoms with van der Waals surface area (Å²) in [7, 11) is 3.63. The fourth-order valence-corrected chi connectivity index (χ4v) is 2.45. The van der Waals surface area contributed by atoms with Crippen LogP contribution in [-0.4, -0.2) is 62.4 Å². The van der Waals surface area contributed by atoms with Gasteiger partial charge in [0.25, 0.3) is 0 Å². The number of carbonyl (C=O) groups excluding carboxylic acids is 1. The molecule has 0 saturated carbocycles. The number of rotatable bonds is 5. The SMILES string of the molecule is COc1cc(C=NN2CCN(C)CC2)ccc1OC(=O)c1ccco1. The fraction of sp³-hybridized carbons (Fsp3) is 0.333. The Morgan fingerprint density at radius 1 is 1.20 bits per heavy atom. The van der Waals surface area contributed by atoms with Gasteiger partial charge < -0.3 is 18.8 Å². The topological polar surface area (TPSA) is 67.5 Å². The van der Waals surface area contributed by atoms with Crippen molar-refractivity contribution in [3.8, 4) is 11.5 Å². The molecule has 0 spiro atoms. The minimum atomic E-state index is -0.567. The van der Waals surface area contributed by atoms with E-state index in [1.165, 1.54) is 13.4 Å². The van der Waals surface area contributed by atoms with Crippen molar-refractivity contribution in [3.05, 3.63) is 47.9 Å². The lowest BCUT2D eigenvalue weighted by Crippen LogP contribution is -2.41. The first-order chi connectivity index (χ1) is 12.2. The Morgan fingerprint density at radius 3 is 2.68 bits per heavy atom. The highest BCUT2D eigenvalue weighted by molar-refractivity contribution is 5.89. The Morgan fingerprint density at radius 2 is 2.00 bits per heavy atom. The number of hydrogen-bond acceptors (Lipinski definition) is 7. The van der Waals surface area contributed by atoms with Crippen LogP contribution in [0.15, 0.2) is 46.1 Å². The highest BCUT2D eigenvalue weighted by Gasteiger charge is 2.15. The number of furan rings is 1. The monoisotopic (exact) mass is 343 g/mol. The normalized spacial score (nSPS) is 15.5. The van der Waals surface area contributed by atoms with E-state index in [0.29, 0.717) is 11.5 Å². The summed E-state index contributed by atoms with van der Waals surface area (Å²) in [5.41, 5.74) is 0.869. The molecule has 0 unspecified atom stereocenters. The standard InChI is InChI=1S/C18H21N3O4/c1-20-7-9-21(10-8-20)19-13-14-5-6-15(17(12-14)23-2)25-18(22)16-4-3-11-24-16/h3-6,11-13H,7-10H2,1-2H3. The molecule has 1 aliphatic rings. The zero-order chi connectivity index (χ0) is 17.6. The summed E-state index contributed by atoms with van der Waals surface area (Å²) in [6.07, 6.45) is 3.21. The van der Waals surface area contributed by atoms with Crippen LogP contribution in [-0.2, 0) is 0 Å². The van der Waals surface area contributed by atoms with Gasteiger partial charge in [-0.2, -0.15) is 5.10 Å². The average molecular weight is 343 g/mol. The van der Waals surface area contributed by atoms with Gasteiger partial charge in [-0.3, -0.25) is 5.01 Å². The number of likely N-dealkylation sites (N-methyl/N-ethyl adjacent to an activating group) is 1. The van der Waals surface area contributed by atoms with Gasteiger partial charge in [0.05, 0.1) is 19.6 Å². The van der Waals surface area contributed by atoms with Gasteiger partial charge in [0.2, 0.25) is 5.76 Å². The minimum absolute atomic E-state index is 0.141. The molecule has 1 aliphatic heterocycles. The molecule has 132 valence electrons. The lowest BCUT2D eigenvalue weighted by atomic mass is 10.2. The molecule has 2 aromatic rings. The van der Waals surface area contributed by atoms with Crippen molar-refractivity contribution < 1.29 is 18.7 Å². The molecule has 1 aromatic carbocycles. The van der Waals surface area contributed by atoms with E-state index < -0.39 is 5.97 Å². The maximum atomic E-state index is 12.0. The summed E-state index contributed by atoms with van der Waals surface area (Å²) in [4.78, 5) is 14.3. The van der Waals surface area contributed by atoms with E-state index in [0.717, 1.165) is 31.7 Å². The van der Waals surface area contributed by atoms with E-state index in [4.69, 9.17) is 13.9 Å². The van der Waals surface area contributed by atoms with Gasteiger partial charge in [-0.15, -0.1) is 0 Å². The first-order valence-electron chi connectivity index (χ1n) is 8.07. The van der Waals surface area contributed by atoms with E-state index in [1.54, 1.807) is 30.5 Å². The van der Waals surface area contributed by atoms with E-state index in [-0.39, 0.29) is 5.76 Å². The Labute approximate surface area is 146 Å².